The summed E-state index contributed by atoms with van der Waals surface area (Å²) in [6.07, 6.45) is 7.78. The van der Waals surface area contributed by atoms with E-state index in [9.17, 15) is 18.3 Å². The molecular formula is C21H35NO5S. The van der Waals surface area contributed by atoms with E-state index in [0.717, 1.165) is 49.7 Å². The van der Waals surface area contributed by atoms with Gasteiger partial charge in [0.05, 0.1) is 12.4 Å². The summed E-state index contributed by atoms with van der Waals surface area (Å²) in [5, 5.41) is 18.9. The molecule has 6 nitrogen and oxygen atoms in total. The largest absolute Gasteiger partial charge is 0.481 e. The summed E-state index contributed by atoms with van der Waals surface area (Å²) in [5.41, 5.74) is 1.75. The Bertz CT molecular complexity index is 673. The number of sulfonamides is 1. The molecule has 1 unspecified atom stereocenters. The normalized spacial score (nSPS) is 13.0. The lowest BCUT2D eigenvalue weighted by Gasteiger charge is -2.20. The number of carbonyl (C=O) groups is 1. The molecule has 0 aliphatic carbocycles. The predicted molar refractivity (Wildman–Crippen MR) is 112 cm³/mol. The SMILES string of the molecule is CCCCCC(O)c1ccc(CN(CCCCCCC(=O)O)S(C)(=O)=O)cc1. The summed E-state index contributed by atoms with van der Waals surface area (Å²) in [5.74, 6) is -0.795. The lowest BCUT2D eigenvalue weighted by atomic mass is 10.0. The molecule has 1 aromatic rings. The van der Waals surface area contributed by atoms with Crippen LogP contribution in [0.2, 0.25) is 0 Å². The Labute approximate surface area is 169 Å². The molecule has 1 aromatic carbocycles. The maximum absolute atomic E-state index is 12.1. The van der Waals surface area contributed by atoms with E-state index in [1.54, 1.807) is 0 Å². The molecule has 0 aliphatic heterocycles. The van der Waals surface area contributed by atoms with Gasteiger partial charge >= 0.3 is 5.97 Å². The van der Waals surface area contributed by atoms with Crippen molar-refractivity contribution in [1.29, 1.82) is 0 Å². The average Bonchev–Trinajstić information content (AvgIpc) is 2.63. The third-order valence-electron chi connectivity index (χ3n) is 4.82. The molecular weight excluding hydrogens is 378 g/mol. The van der Waals surface area contributed by atoms with Crippen LogP contribution in [0.5, 0.6) is 0 Å². The second kappa shape index (κ2) is 12.9. The van der Waals surface area contributed by atoms with Gasteiger partial charge in [-0.1, -0.05) is 63.3 Å². The summed E-state index contributed by atoms with van der Waals surface area (Å²) in [7, 11) is -3.32. The van der Waals surface area contributed by atoms with Crippen LogP contribution in [0.3, 0.4) is 0 Å². The van der Waals surface area contributed by atoms with Crippen molar-refractivity contribution in [1.82, 2.24) is 4.31 Å². The molecule has 2 N–H and O–H groups in total. The maximum atomic E-state index is 12.1. The molecule has 0 aromatic heterocycles. The number of carboxylic acid groups (broad SMARTS) is 1. The highest BCUT2D eigenvalue weighted by Crippen LogP contribution is 2.21. The fourth-order valence-electron chi connectivity index (χ4n) is 3.08. The first-order valence-electron chi connectivity index (χ1n) is 10.2. The minimum absolute atomic E-state index is 0.159. The lowest BCUT2D eigenvalue weighted by Crippen LogP contribution is -2.30. The maximum Gasteiger partial charge on any atom is 0.303 e. The zero-order valence-corrected chi connectivity index (χ0v) is 18.0. The van der Waals surface area contributed by atoms with E-state index in [4.69, 9.17) is 5.11 Å². The van der Waals surface area contributed by atoms with Gasteiger partial charge in [-0.2, -0.15) is 4.31 Å². The molecule has 0 bridgehead atoms. The van der Waals surface area contributed by atoms with Crippen molar-refractivity contribution < 1.29 is 23.4 Å². The van der Waals surface area contributed by atoms with Gasteiger partial charge in [0, 0.05) is 19.5 Å². The Morgan fingerprint density at radius 1 is 1.04 bits per heavy atom. The Hall–Kier alpha value is -1.44. The van der Waals surface area contributed by atoms with E-state index in [1.165, 1.54) is 10.6 Å². The van der Waals surface area contributed by atoms with Gasteiger partial charge in [-0.15, -0.1) is 0 Å². The molecule has 0 fully saturated rings. The van der Waals surface area contributed by atoms with Crippen molar-refractivity contribution in [2.75, 3.05) is 12.8 Å². The number of aliphatic hydroxyl groups is 1. The quantitative estimate of drug-likeness (QED) is 0.422. The highest BCUT2D eigenvalue weighted by atomic mass is 32.2. The van der Waals surface area contributed by atoms with E-state index in [-0.39, 0.29) is 6.42 Å². The molecule has 160 valence electrons. The standard InChI is InChI=1S/C21H35NO5S/c1-3-4-7-10-20(23)19-14-12-18(13-15-19)17-22(28(2,26)27)16-9-6-5-8-11-21(24)25/h12-15,20,23H,3-11,16-17H2,1-2H3,(H,24,25). The van der Waals surface area contributed by atoms with Crippen LogP contribution in [0.4, 0.5) is 0 Å². The first-order chi connectivity index (χ1) is 13.2. The topological polar surface area (TPSA) is 94.9 Å². The molecule has 0 radical (unpaired) electrons. The fourth-order valence-corrected chi connectivity index (χ4v) is 3.93. The Morgan fingerprint density at radius 2 is 1.68 bits per heavy atom. The zero-order chi connectivity index (χ0) is 21.0. The van der Waals surface area contributed by atoms with E-state index in [1.807, 2.05) is 24.3 Å². The van der Waals surface area contributed by atoms with Crippen molar-refractivity contribution in [3.63, 3.8) is 0 Å². The smallest absolute Gasteiger partial charge is 0.303 e. The van der Waals surface area contributed by atoms with E-state index >= 15 is 0 Å². The molecule has 1 rings (SSSR count). The summed E-state index contributed by atoms with van der Waals surface area (Å²) in [4.78, 5) is 10.5. The molecule has 0 saturated carbocycles. The van der Waals surface area contributed by atoms with Crippen molar-refractivity contribution in [2.24, 2.45) is 0 Å². The first kappa shape index (κ1) is 24.6. The monoisotopic (exact) mass is 413 g/mol. The van der Waals surface area contributed by atoms with Crippen LogP contribution >= 0.6 is 0 Å². The number of aliphatic hydroxyl groups excluding tert-OH is 1. The second-order valence-corrected chi connectivity index (χ2v) is 9.39. The minimum atomic E-state index is -3.32. The van der Waals surface area contributed by atoms with Crippen molar-refractivity contribution in [2.45, 2.75) is 77.4 Å². The number of hydrogen-bond acceptors (Lipinski definition) is 4. The minimum Gasteiger partial charge on any atom is -0.481 e. The van der Waals surface area contributed by atoms with Gasteiger partial charge in [0.2, 0.25) is 10.0 Å². The van der Waals surface area contributed by atoms with Gasteiger partial charge < -0.3 is 10.2 Å². The number of unbranched alkanes of at least 4 members (excludes halogenated alkanes) is 5. The summed E-state index contributed by atoms with van der Waals surface area (Å²) in [6.45, 7) is 2.86. The zero-order valence-electron chi connectivity index (χ0n) is 17.1. The molecule has 28 heavy (non-hydrogen) atoms. The summed E-state index contributed by atoms with van der Waals surface area (Å²) >= 11 is 0. The number of benzene rings is 1. The van der Waals surface area contributed by atoms with Crippen LogP contribution in [0.15, 0.2) is 24.3 Å². The highest BCUT2D eigenvalue weighted by Gasteiger charge is 2.17. The summed E-state index contributed by atoms with van der Waals surface area (Å²) in [6, 6.07) is 7.50. The average molecular weight is 414 g/mol. The van der Waals surface area contributed by atoms with Gasteiger partial charge in [0.1, 0.15) is 0 Å². The third kappa shape index (κ3) is 10.2. The number of aliphatic carboxylic acids is 1. The van der Waals surface area contributed by atoms with Crippen molar-refractivity contribution >= 4 is 16.0 Å². The van der Waals surface area contributed by atoms with Gasteiger partial charge in [-0.05, 0) is 30.4 Å². The van der Waals surface area contributed by atoms with Gasteiger partial charge in [-0.3, -0.25) is 4.79 Å². The molecule has 0 amide bonds. The third-order valence-corrected chi connectivity index (χ3v) is 6.07. The molecule has 0 heterocycles. The second-order valence-electron chi connectivity index (χ2n) is 7.41. The van der Waals surface area contributed by atoms with E-state index in [0.29, 0.717) is 25.9 Å². The van der Waals surface area contributed by atoms with Crippen LogP contribution in [-0.4, -0.2) is 41.7 Å². The van der Waals surface area contributed by atoms with Gasteiger partial charge in [0.15, 0.2) is 0 Å². The molecule has 0 aliphatic rings. The van der Waals surface area contributed by atoms with Crippen molar-refractivity contribution in [3.8, 4) is 0 Å². The fraction of sp³-hybridized carbons (Fsp3) is 0.667. The van der Waals surface area contributed by atoms with Crippen LogP contribution in [0.25, 0.3) is 0 Å². The summed E-state index contributed by atoms with van der Waals surface area (Å²) < 4.78 is 25.6. The molecule has 7 heteroatoms. The van der Waals surface area contributed by atoms with Crippen LogP contribution in [0, 0.1) is 0 Å². The van der Waals surface area contributed by atoms with E-state index < -0.39 is 22.1 Å². The number of hydrogen-bond donors (Lipinski definition) is 2. The van der Waals surface area contributed by atoms with Crippen molar-refractivity contribution in [3.05, 3.63) is 35.4 Å². The van der Waals surface area contributed by atoms with Gasteiger partial charge in [0.25, 0.3) is 0 Å². The van der Waals surface area contributed by atoms with E-state index in [2.05, 4.69) is 6.92 Å². The Kier molecular flexibility index (Phi) is 11.3. The molecule has 0 saturated heterocycles. The first-order valence-corrected chi connectivity index (χ1v) is 12.0. The van der Waals surface area contributed by atoms with Gasteiger partial charge in [-0.25, -0.2) is 8.42 Å². The Balaban J connectivity index is 2.54. The van der Waals surface area contributed by atoms with Crippen LogP contribution in [-0.2, 0) is 21.4 Å². The Morgan fingerprint density at radius 3 is 2.25 bits per heavy atom. The lowest BCUT2D eigenvalue weighted by molar-refractivity contribution is -0.137. The molecule has 1 atom stereocenters. The highest BCUT2D eigenvalue weighted by molar-refractivity contribution is 7.88. The number of rotatable bonds is 15. The number of nitrogens with zero attached hydrogens (tertiary/aromatic N) is 1. The molecule has 0 spiro atoms. The number of carboxylic acids is 1. The van der Waals surface area contributed by atoms with Crippen LogP contribution < -0.4 is 0 Å². The predicted octanol–water partition coefficient (Wildman–Crippen LogP) is 4.10. The van der Waals surface area contributed by atoms with Crippen LogP contribution in [0.1, 0.15) is 81.9 Å².